The Balaban J connectivity index is 1.72. The molecule has 212 valence electrons. The van der Waals surface area contributed by atoms with Gasteiger partial charge in [0.2, 0.25) is 28.6 Å². The molecule has 0 unspecified atom stereocenters. The molecule has 11 heteroatoms. The molecule has 0 aliphatic carbocycles. The van der Waals surface area contributed by atoms with E-state index in [1.54, 1.807) is 36.4 Å². The molecule has 0 saturated carbocycles. The van der Waals surface area contributed by atoms with E-state index >= 15 is 0 Å². The van der Waals surface area contributed by atoms with Gasteiger partial charge >= 0.3 is 0 Å². The second-order valence-electron chi connectivity index (χ2n) is 9.42. The lowest BCUT2D eigenvalue weighted by Gasteiger charge is -2.33. The van der Waals surface area contributed by atoms with Crippen molar-refractivity contribution in [1.82, 2.24) is 10.2 Å². The third-order valence-corrected chi connectivity index (χ3v) is 7.95. The number of halogens is 1. The van der Waals surface area contributed by atoms with Gasteiger partial charge in [-0.3, -0.25) is 13.9 Å². The first kappa shape index (κ1) is 29.2. The summed E-state index contributed by atoms with van der Waals surface area (Å²) in [5, 5.41) is 3.34. The number of nitrogens with zero attached hydrogens (tertiary/aromatic N) is 2. The Kier molecular flexibility index (Phi) is 9.54. The van der Waals surface area contributed by atoms with E-state index < -0.39 is 28.5 Å². The summed E-state index contributed by atoms with van der Waals surface area (Å²) in [6, 6.07) is 20.2. The lowest BCUT2D eigenvalue weighted by atomic mass is 10.0. The van der Waals surface area contributed by atoms with Crippen molar-refractivity contribution in [3.63, 3.8) is 0 Å². The molecule has 3 aromatic carbocycles. The third kappa shape index (κ3) is 7.25. The fourth-order valence-corrected chi connectivity index (χ4v) is 5.42. The first-order chi connectivity index (χ1) is 19.2. The molecule has 1 heterocycles. The third-order valence-electron chi connectivity index (χ3n) is 6.44. The minimum absolute atomic E-state index is 0.00823. The number of carbonyl (C=O) groups excluding carboxylic acids is 2. The van der Waals surface area contributed by atoms with Crippen LogP contribution in [0.5, 0.6) is 11.5 Å². The molecule has 3 aromatic rings. The van der Waals surface area contributed by atoms with Crippen LogP contribution in [0.25, 0.3) is 0 Å². The van der Waals surface area contributed by atoms with Crippen LogP contribution in [0.2, 0.25) is 5.02 Å². The first-order valence-corrected chi connectivity index (χ1v) is 15.1. The molecule has 9 nitrogen and oxygen atoms in total. The predicted octanol–water partition coefficient (Wildman–Crippen LogP) is 4.00. The summed E-state index contributed by atoms with van der Waals surface area (Å²) in [6.07, 6.45) is 1.97. The van der Waals surface area contributed by atoms with E-state index in [-0.39, 0.29) is 31.4 Å². The van der Waals surface area contributed by atoms with Crippen LogP contribution in [0.3, 0.4) is 0 Å². The Hall–Kier alpha value is -3.76. The zero-order valence-corrected chi connectivity index (χ0v) is 24.0. The summed E-state index contributed by atoms with van der Waals surface area (Å²) < 4.78 is 37.6. The SMILES string of the molecule is CCCNC(=O)[C@@H](Cc1ccccc1)N(Cc1ccccc1Cl)C(=O)CN(c1ccc2c(c1)OCO2)S(C)(=O)=O. The van der Waals surface area contributed by atoms with Crippen molar-refractivity contribution in [2.45, 2.75) is 32.4 Å². The van der Waals surface area contributed by atoms with Crippen LogP contribution in [0.15, 0.2) is 72.8 Å². The Morgan fingerprint density at radius 2 is 1.70 bits per heavy atom. The molecule has 0 spiro atoms. The molecule has 1 atom stereocenters. The molecule has 0 aromatic heterocycles. The largest absolute Gasteiger partial charge is 0.454 e. The van der Waals surface area contributed by atoms with Gasteiger partial charge in [-0.05, 0) is 35.7 Å². The summed E-state index contributed by atoms with van der Waals surface area (Å²) in [6.45, 7) is 1.87. The molecule has 4 rings (SSSR count). The summed E-state index contributed by atoms with van der Waals surface area (Å²) in [7, 11) is -3.90. The van der Waals surface area contributed by atoms with Crippen LogP contribution in [-0.4, -0.2) is 57.3 Å². The maximum Gasteiger partial charge on any atom is 0.244 e. The molecule has 1 aliphatic heterocycles. The second-order valence-corrected chi connectivity index (χ2v) is 11.7. The minimum atomic E-state index is -3.90. The second kappa shape index (κ2) is 13.1. The van der Waals surface area contributed by atoms with Crippen LogP contribution in [-0.2, 0) is 32.6 Å². The fraction of sp³-hybridized carbons (Fsp3) is 0.310. The number of hydrogen-bond donors (Lipinski definition) is 1. The zero-order chi connectivity index (χ0) is 28.7. The van der Waals surface area contributed by atoms with E-state index in [4.69, 9.17) is 21.1 Å². The van der Waals surface area contributed by atoms with Gasteiger partial charge in [-0.2, -0.15) is 0 Å². The van der Waals surface area contributed by atoms with Crippen LogP contribution >= 0.6 is 11.6 Å². The van der Waals surface area contributed by atoms with Gasteiger partial charge in [0.25, 0.3) is 0 Å². The highest BCUT2D eigenvalue weighted by molar-refractivity contribution is 7.92. The van der Waals surface area contributed by atoms with Gasteiger partial charge in [-0.1, -0.05) is 67.1 Å². The summed E-state index contributed by atoms with van der Waals surface area (Å²) >= 11 is 6.46. The molecular formula is C29H32ClN3O6S. The van der Waals surface area contributed by atoms with Crippen molar-refractivity contribution >= 4 is 39.1 Å². The van der Waals surface area contributed by atoms with E-state index in [1.807, 2.05) is 37.3 Å². The Labute approximate surface area is 239 Å². The number of nitrogens with one attached hydrogen (secondary N) is 1. The monoisotopic (exact) mass is 585 g/mol. The summed E-state index contributed by atoms with van der Waals surface area (Å²) in [5.74, 6) is -0.0255. The average Bonchev–Trinajstić information content (AvgIpc) is 3.41. The van der Waals surface area contributed by atoms with Crippen molar-refractivity contribution in [2.75, 3.05) is 30.4 Å². The summed E-state index contributed by atoms with van der Waals surface area (Å²) in [4.78, 5) is 29.0. The molecule has 0 bridgehead atoms. The highest BCUT2D eigenvalue weighted by Crippen LogP contribution is 2.36. The van der Waals surface area contributed by atoms with Gasteiger partial charge in [0.15, 0.2) is 11.5 Å². The Morgan fingerprint density at radius 1 is 1.00 bits per heavy atom. The number of fused-ring (bicyclic) bond motifs is 1. The van der Waals surface area contributed by atoms with E-state index in [2.05, 4.69) is 5.32 Å². The highest BCUT2D eigenvalue weighted by Gasteiger charge is 2.33. The lowest BCUT2D eigenvalue weighted by Crippen LogP contribution is -2.53. The molecule has 0 fully saturated rings. The predicted molar refractivity (Wildman–Crippen MR) is 154 cm³/mol. The number of sulfonamides is 1. The Bertz CT molecular complexity index is 1450. The maximum atomic E-state index is 14.1. The summed E-state index contributed by atoms with van der Waals surface area (Å²) in [5.41, 5.74) is 1.73. The van der Waals surface area contributed by atoms with Gasteiger partial charge in [-0.25, -0.2) is 8.42 Å². The van der Waals surface area contributed by atoms with Gasteiger partial charge in [0.05, 0.1) is 11.9 Å². The minimum Gasteiger partial charge on any atom is -0.454 e. The average molecular weight is 586 g/mol. The number of amides is 2. The van der Waals surface area contributed by atoms with Gasteiger partial charge in [0, 0.05) is 30.6 Å². The number of rotatable bonds is 12. The number of benzene rings is 3. The molecule has 0 radical (unpaired) electrons. The van der Waals surface area contributed by atoms with Crippen LogP contribution in [0.1, 0.15) is 24.5 Å². The van der Waals surface area contributed by atoms with Gasteiger partial charge < -0.3 is 19.7 Å². The molecule has 40 heavy (non-hydrogen) atoms. The number of ether oxygens (including phenoxy) is 2. The van der Waals surface area contributed by atoms with Crippen molar-refractivity contribution in [3.05, 3.63) is 88.9 Å². The van der Waals surface area contributed by atoms with Gasteiger partial charge in [-0.15, -0.1) is 0 Å². The van der Waals surface area contributed by atoms with Crippen molar-refractivity contribution in [1.29, 1.82) is 0 Å². The molecular weight excluding hydrogens is 554 g/mol. The van der Waals surface area contributed by atoms with E-state index in [0.717, 1.165) is 16.1 Å². The molecule has 0 saturated heterocycles. The standard InChI is InChI=1S/C29H32ClN3O6S/c1-3-15-31-29(35)25(16-21-9-5-4-6-10-21)32(18-22-11-7-8-12-24(22)30)28(34)19-33(40(2,36)37)23-13-14-26-27(17-23)39-20-38-26/h4-14,17,25H,3,15-16,18-20H2,1-2H3,(H,31,35)/t25-/m1/s1. The van der Waals surface area contributed by atoms with Crippen molar-refractivity contribution in [2.24, 2.45) is 0 Å². The molecule has 1 aliphatic rings. The molecule has 2 amide bonds. The van der Waals surface area contributed by atoms with Crippen LogP contribution in [0, 0.1) is 0 Å². The maximum absolute atomic E-state index is 14.1. The van der Waals surface area contributed by atoms with E-state index in [9.17, 15) is 18.0 Å². The topological polar surface area (TPSA) is 105 Å². The van der Waals surface area contributed by atoms with E-state index in [0.29, 0.717) is 35.1 Å². The molecule has 1 N–H and O–H groups in total. The van der Waals surface area contributed by atoms with Crippen LogP contribution in [0.4, 0.5) is 5.69 Å². The highest BCUT2D eigenvalue weighted by atomic mass is 35.5. The Morgan fingerprint density at radius 3 is 2.40 bits per heavy atom. The lowest BCUT2D eigenvalue weighted by molar-refractivity contribution is -0.140. The smallest absolute Gasteiger partial charge is 0.244 e. The van der Waals surface area contributed by atoms with Crippen LogP contribution < -0.4 is 19.1 Å². The normalized spacial score (nSPS) is 13.0. The van der Waals surface area contributed by atoms with Crippen molar-refractivity contribution in [3.8, 4) is 11.5 Å². The number of hydrogen-bond acceptors (Lipinski definition) is 6. The number of carbonyl (C=O) groups is 2. The first-order valence-electron chi connectivity index (χ1n) is 12.9. The van der Waals surface area contributed by atoms with Gasteiger partial charge in [0.1, 0.15) is 12.6 Å². The zero-order valence-electron chi connectivity index (χ0n) is 22.4. The quantitative estimate of drug-likeness (QED) is 0.344. The van der Waals surface area contributed by atoms with E-state index in [1.165, 1.54) is 11.0 Å². The van der Waals surface area contributed by atoms with Crippen molar-refractivity contribution < 1.29 is 27.5 Å². The fourth-order valence-electron chi connectivity index (χ4n) is 4.38. The number of anilines is 1.